The number of nitrogens with zero attached hydrogens (tertiary/aromatic N) is 6. The van der Waals surface area contributed by atoms with Crippen LogP contribution in [0, 0.1) is 0 Å². The molecule has 7 heteroatoms. The number of carbonyl (C=O) groups excluding carboxylic acids is 1. The van der Waals surface area contributed by atoms with E-state index in [1.54, 1.807) is 18.1 Å². The first-order valence-electron chi connectivity index (χ1n) is 8.62. The van der Waals surface area contributed by atoms with Crippen LogP contribution in [0.4, 0.5) is 5.82 Å². The molecule has 3 aromatic rings. The maximum Gasteiger partial charge on any atom is 0.254 e. The van der Waals surface area contributed by atoms with Crippen LogP contribution < -0.4 is 4.90 Å². The highest BCUT2D eigenvalue weighted by molar-refractivity contribution is 5.94. The van der Waals surface area contributed by atoms with Gasteiger partial charge in [0, 0.05) is 38.5 Å². The van der Waals surface area contributed by atoms with Gasteiger partial charge in [-0.15, -0.1) is 10.2 Å². The third-order valence-electron chi connectivity index (χ3n) is 4.47. The third-order valence-corrected chi connectivity index (χ3v) is 4.47. The zero-order valence-corrected chi connectivity index (χ0v) is 15.9. The minimum absolute atomic E-state index is 0.0679. The minimum Gasteiger partial charge on any atom is -0.361 e. The summed E-state index contributed by atoms with van der Waals surface area (Å²) in [5.41, 5.74) is 3.09. The fourth-order valence-electron chi connectivity index (χ4n) is 2.63. The van der Waals surface area contributed by atoms with Crippen LogP contribution in [0.5, 0.6) is 0 Å². The quantitative estimate of drug-likeness (QED) is 0.695. The molecule has 1 atom stereocenters. The molecule has 138 valence electrons. The van der Waals surface area contributed by atoms with Crippen LogP contribution in [0.25, 0.3) is 11.3 Å². The third kappa shape index (κ3) is 4.08. The Balaban J connectivity index is 1.75. The summed E-state index contributed by atoms with van der Waals surface area (Å²) in [7, 11) is 5.61. The van der Waals surface area contributed by atoms with Gasteiger partial charge in [0.25, 0.3) is 5.91 Å². The first-order chi connectivity index (χ1) is 13.0. The molecule has 0 aliphatic carbocycles. The van der Waals surface area contributed by atoms with Crippen LogP contribution in [0.15, 0.2) is 55.0 Å². The minimum atomic E-state index is -0.148. The van der Waals surface area contributed by atoms with E-state index in [-0.39, 0.29) is 11.9 Å². The van der Waals surface area contributed by atoms with Gasteiger partial charge < -0.3 is 9.80 Å². The Morgan fingerprint density at radius 1 is 0.963 bits per heavy atom. The van der Waals surface area contributed by atoms with Crippen molar-refractivity contribution >= 4 is 11.7 Å². The Kier molecular flexibility index (Phi) is 5.40. The van der Waals surface area contributed by atoms with E-state index >= 15 is 0 Å². The molecular formula is C20H22N6O. The first kappa shape index (κ1) is 18.4. The average Bonchev–Trinajstić information content (AvgIpc) is 2.73. The van der Waals surface area contributed by atoms with Crippen LogP contribution in [0.1, 0.15) is 29.0 Å². The van der Waals surface area contributed by atoms with E-state index in [0.29, 0.717) is 5.56 Å². The van der Waals surface area contributed by atoms with Gasteiger partial charge in [-0.25, -0.2) is 9.97 Å². The zero-order valence-electron chi connectivity index (χ0n) is 15.9. The molecule has 3 rings (SSSR count). The Bertz CT molecular complexity index is 894. The van der Waals surface area contributed by atoms with Crippen molar-refractivity contribution in [2.45, 2.75) is 13.0 Å². The van der Waals surface area contributed by atoms with Crippen LogP contribution in [-0.4, -0.2) is 52.1 Å². The molecule has 0 saturated carbocycles. The maximum atomic E-state index is 12.8. The van der Waals surface area contributed by atoms with Crippen molar-refractivity contribution in [3.8, 4) is 11.3 Å². The van der Waals surface area contributed by atoms with E-state index < -0.39 is 0 Å². The number of amides is 1. The number of benzene rings is 1. The summed E-state index contributed by atoms with van der Waals surface area (Å²) in [4.78, 5) is 24.5. The van der Waals surface area contributed by atoms with Crippen molar-refractivity contribution in [1.82, 2.24) is 25.1 Å². The maximum absolute atomic E-state index is 12.8. The monoisotopic (exact) mass is 362 g/mol. The van der Waals surface area contributed by atoms with Crippen molar-refractivity contribution in [2.75, 3.05) is 26.0 Å². The highest BCUT2D eigenvalue weighted by Crippen LogP contribution is 2.21. The van der Waals surface area contributed by atoms with Gasteiger partial charge in [0.2, 0.25) is 0 Å². The van der Waals surface area contributed by atoms with Crippen molar-refractivity contribution in [3.63, 3.8) is 0 Å². The van der Waals surface area contributed by atoms with Gasteiger partial charge in [-0.3, -0.25) is 4.79 Å². The van der Waals surface area contributed by atoms with Crippen LogP contribution in [0.3, 0.4) is 0 Å². The van der Waals surface area contributed by atoms with Gasteiger partial charge in [0.15, 0.2) is 5.82 Å². The van der Waals surface area contributed by atoms with Crippen LogP contribution >= 0.6 is 0 Å². The molecule has 2 aromatic heterocycles. The Hall–Kier alpha value is -3.35. The molecule has 0 radical (unpaired) electrons. The number of hydrogen-bond acceptors (Lipinski definition) is 6. The molecule has 0 aliphatic rings. The second kappa shape index (κ2) is 7.90. The second-order valence-electron chi connectivity index (χ2n) is 6.47. The van der Waals surface area contributed by atoms with Gasteiger partial charge in [0.1, 0.15) is 6.33 Å². The van der Waals surface area contributed by atoms with Crippen LogP contribution in [0.2, 0.25) is 0 Å². The lowest BCUT2D eigenvalue weighted by Gasteiger charge is -2.24. The van der Waals surface area contributed by atoms with E-state index in [1.165, 1.54) is 6.33 Å². The van der Waals surface area contributed by atoms with E-state index in [0.717, 1.165) is 22.8 Å². The van der Waals surface area contributed by atoms with Crippen LogP contribution in [-0.2, 0) is 0 Å². The molecule has 0 N–H and O–H groups in total. The number of carbonyl (C=O) groups is 1. The number of aromatic nitrogens is 4. The molecule has 0 spiro atoms. The molecular weight excluding hydrogens is 340 g/mol. The molecule has 0 fully saturated rings. The lowest BCUT2D eigenvalue weighted by molar-refractivity contribution is 0.0739. The summed E-state index contributed by atoms with van der Waals surface area (Å²) in [5.74, 6) is 0.729. The summed E-state index contributed by atoms with van der Waals surface area (Å²) >= 11 is 0. The SMILES string of the molecule is C[C@@H](c1ccncn1)N(C)C(=O)c1ccc(-c2ccc(N(C)C)nn2)cc1. The van der Waals surface area contributed by atoms with Gasteiger partial charge >= 0.3 is 0 Å². The van der Waals surface area contributed by atoms with Gasteiger partial charge in [-0.05, 0) is 37.3 Å². The van der Waals surface area contributed by atoms with Gasteiger partial charge in [-0.1, -0.05) is 12.1 Å². The standard InChI is InChI=1S/C20H22N6O/c1-14(17-11-12-21-13-22-17)26(4)20(27)16-7-5-15(6-8-16)18-9-10-19(24-23-18)25(2)3/h5-14H,1-4H3/t14-/m0/s1. The summed E-state index contributed by atoms with van der Waals surface area (Å²) in [6, 6.07) is 12.9. The van der Waals surface area contributed by atoms with E-state index in [1.807, 2.05) is 68.4 Å². The van der Waals surface area contributed by atoms with E-state index in [9.17, 15) is 4.79 Å². The molecule has 1 amide bonds. The summed E-state index contributed by atoms with van der Waals surface area (Å²) in [5, 5.41) is 8.43. The predicted octanol–water partition coefficient (Wildman–Crippen LogP) is 2.83. The van der Waals surface area contributed by atoms with Gasteiger partial charge in [0.05, 0.1) is 17.4 Å². The lowest BCUT2D eigenvalue weighted by atomic mass is 10.1. The summed E-state index contributed by atoms with van der Waals surface area (Å²) in [6.45, 7) is 1.94. The average molecular weight is 362 g/mol. The number of hydrogen-bond donors (Lipinski definition) is 0. The molecule has 0 saturated heterocycles. The zero-order chi connectivity index (χ0) is 19.4. The number of rotatable bonds is 5. The summed E-state index contributed by atoms with van der Waals surface area (Å²) in [6.07, 6.45) is 3.16. The number of anilines is 1. The molecule has 0 bridgehead atoms. The topological polar surface area (TPSA) is 75.1 Å². The molecule has 2 heterocycles. The van der Waals surface area contributed by atoms with Crippen molar-refractivity contribution in [1.29, 1.82) is 0 Å². The molecule has 0 aliphatic heterocycles. The lowest BCUT2D eigenvalue weighted by Crippen LogP contribution is -2.30. The largest absolute Gasteiger partial charge is 0.361 e. The first-order valence-corrected chi connectivity index (χ1v) is 8.62. The normalized spacial score (nSPS) is 11.7. The highest BCUT2D eigenvalue weighted by Gasteiger charge is 2.19. The van der Waals surface area contributed by atoms with Crippen molar-refractivity contribution < 1.29 is 4.79 Å². The van der Waals surface area contributed by atoms with Crippen molar-refractivity contribution in [2.24, 2.45) is 0 Å². The van der Waals surface area contributed by atoms with Crippen molar-refractivity contribution in [3.05, 3.63) is 66.2 Å². The molecule has 1 aromatic carbocycles. The fraction of sp³-hybridized carbons (Fsp3) is 0.250. The highest BCUT2D eigenvalue weighted by atomic mass is 16.2. The Labute approximate surface area is 158 Å². The fourth-order valence-corrected chi connectivity index (χ4v) is 2.63. The Morgan fingerprint density at radius 2 is 1.70 bits per heavy atom. The smallest absolute Gasteiger partial charge is 0.254 e. The second-order valence-corrected chi connectivity index (χ2v) is 6.47. The Morgan fingerprint density at radius 3 is 2.26 bits per heavy atom. The molecule has 0 unspecified atom stereocenters. The molecule has 7 nitrogen and oxygen atoms in total. The summed E-state index contributed by atoms with van der Waals surface area (Å²) < 4.78 is 0. The van der Waals surface area contributed by atoms with Gasteiger partial charge in [-0.2, -0.15) is 0 Å². The molecule has 27 heavy (non-hydrogen) atoms. The van der Waals surface area contributed by atoms with E-state index in [4.69, 9.17) is 0 Å². The van der Waals surface area contributed by atoms with E-state index in [2.05, 4.69) is 20.2 Å². The predicted molar refractivity (Wildman–Crippen MR) is 104 cm³/mol.